The Morgan fingerprint density at radius 3 is 2.45 bits per heavy atom. The van der Waals surface area contributed by atoms with Gasteiger partial charge in [0.1, 0.15) is 11.5 Å². The van der Waals surface area contributed by atoms with Gasteiger partial charge in [-0.25, -0.2) is 0 Å². The van der Waals surface area contributed by atoms with Gasteiger partial charge < -0.3 is 20.1 Å². The van der Waals surface area contributed by atoms with Gasteiger partial charge >= 0.3 is 0 Å². The second-order valence-electron chi connectivity index (χ2n) is 6.75. The van der Waals surface area contributed by atoms with Crippen molar-refractivity contribution >= 4 is 35.0 Å². The number of nitrogens with one attached hydrogen (secondary N) is 2. The molecule has 2 N–H and O–H groups in total. The van der Waals surface area contributed by atoms with Gasteiger partial charge in [-0.2, -0.15) is 0 Å². The molecule has 3 aromatic carbocycles. The topological polar surface area (TPSA) is 76.7 Å². The number of rotatable bonds is 8. The minimum absolute atomic E-state index is 0.164. The molecule has 0 saturated carbocycles. The van der Waals surface area contributed by atoms with E-state index in [2.05, 4.69) is 10.6 Å². The van der Waals surface area contributed by atoms with E-state index in [9.17, 15) is 9.59 Å². The summed E-state index contributed by atoms with van der Waals surface area (Å²) in [7, 11) is 3.11. The third-order valence-electron chi connectivity index (χ3n) is 4.42. The fourth-order valence-electron chi connectivity index (χ4n) is 2.89. The molecule has 0 fully saturated rings. The maximum Gasteiger partial charge on any atom is 0.255 e. The van der Waals surface area contributed by atoms with E-state index in [-0.39, 0.29) is 17.6 Å². The van der Waals surface area contributed by atoms with Crippen LogP contribution in [0.1, 0.15) is 15.9 Å². The van der Waals surface area contributed by atoms with Gasteiger partial charge in [0.15, 0.2) is 0 Å². The van der Waals surface area contributed by atoms with E-state index in [1.165, 1.54) is 18.9 Å². The summed E-state index contributed by atoms with van der Waals surface area (Å²) in [5.74, 6) is 1.05. The number of amides is 2. The Hall–Kier alpha value is -3.45. The van der Waals surface area contributed by atoms with Crippen molar-refractivity contribution in [3.8, 4) is 11.5 Å². The van der Waals surface area contributed by atoms with Gasteiger partial charge in [0.2, 0.25) is 5.91 Å². The van der Waals surface area contributed by atoms with Crippen molar-refractivity contribution < 1.29 is 19.1 Å². The summed E-state index contributed by atoms with van der Waals surface area (Å²) in [6.07, 6.45) is 0. The van der Waals surface area contributed by atoms with Crippen LogP contribution < -0.4 is 20.1 Å². The van der Waals surface area contributed by atoms with Crippen LogP contribution in [0.3, 0.4) is 0 Å². The lowest BCUT2D eigenvalue weighted by Crippen LogP contribution is -2.15. The van der Waals surface area contributed by atoms with E-state index in [1.54, 1.807) is 31.4 Å². The highest BCUT2D eigenvalue weighted by Crippen LogP contribution is 2.29. The van der Waals surface area contributed by atoms with Crippen LogP contribution in [0.2, 0.25) is 0 Å². The zero-order valence-corrected chi connectivity index (χ0v) is 18.4. The molecule has 0 radical (unpaired) electrons. The van der Waals surface area contributed by atoms with Crippen molar-refractivity contribution in [1.29, 1.82) is 0 Å². The Balaban J connectivity index is 1.58. The average Bonchev–Trinajstić information content (AvgIpc) is 2.78. The van der Waals surface area contributed by atoms with Crippen molar-refractivity contribution in [1.82, 2.24) is 0 Å². The van der Waals surface area contributed by atoms with Crippen molar-refractivity contribution in [3.05, 3.63) is 77.9 Å². The molecule has 0 atom stereocenters. The molecule has 0 aromatic heterocycles. The Kier molecular flexibility index (Phi) is 7.56. The molecule has 31 heavy (non-hydrogen) atoms. The monoisotopic (exact) mass is 436 g/mol. The highest BCUT2D eigenvalue weighted by Gasteiger charge is 2.11. The summed E-state index contributed by atoms with van der Waals surface area (Å²) in [6.45, 7) is 1.95. The van der Waals surface area contributed by atoms with Crippen LogP contribution in [-0.4, -0.2) is 31.8 Å². The third kappa shape index (κ3) is 6.26. The number of hydrogen-bond acceptors (Lipinski definition) is 5. The van der Waals surface area contributed by atoms with Crippen molar-refractivity contribution in [3.63, 3.8) is 0 Å². The molecule has 6 nitrogen and oxygen atoms in total. The van der Waals surface area contributed by atoms with Crippen LogP contribution in [0.15, 0.2) is 71.6 Å². The van der Waals surface area contributed by atoms with E-state index in [0.29, 0.717) is 28.4 Å². The fourth-order valence-corrected chi connectivity index (χ4v) is 3.65. The van der Waals surface area contributed by atoms with Crippen molar-refractivity contribution in [2.45, 2.75) is 11.8 Å². The zero-order valence-electron chi connectivity index (χ0n) is 17.6. The Bertz CT molecular complexity index is 1080. The first-order valence-corrected chi connectivity index (χ1v) is 10.6. The van der Waals surface area contributed by atoms with Gasteiger partial charge in [0, 0.05) is 22.2 Å². The number of anilines is 2. The summed E-state index contributed by atoms with van der Waals surface area (Å²) in [6, 6.07) is 20.0. The number of methoxy groups -OCH3 is 2. The van der Waals surface area contributed by atoms with E-state index in [0.717, 1.165) is 10.5 Å². The number of ether oxygens (including phenoxy) is 2. The summed E-state index contributed by atoms with van der Waals surface area (Å²) in [5.41, 5.74) is 2.88. The fraction of sp³-hybridized carbons (Fsp3) is 0.167. The maximum atomic E-state index is 12.5. The minimum atomic E-state index is -0.171. The lowest BCUT2D eigenvalue weighted by atomic mass is 10.1. The van der Waals surface area contributed by atoms with E-state index in [1.807, 2.05) is 49.4 Å². The molecule has 0 aliphatic rings. The molecule has 0 spiro atoms. The highest BCUT2D eigenvalue weighted by molar-refractivity contribution is 8.00. The SMILES string of the molecule is COc1ccc(NC(=O)CSc2cccc(NC(=O)c3cccc(C)c3)c2)c(OC)c1. The van der Waals surface area contributed by atoms with Crippen LogP contribution >= 0.6 is 11.8 Å². The Morgan fingerprint density at radius 1 is 0.903 bits per heavy atom. The molecular formula is C24H24N2O4S. The molecule has 0 bridgehead atoms. The van der Waals surface area contributed by atoms with Gasteiger partial charge in [-0.1, -0.05) is 23.8 Å². The van der Waals surface area contributed by atoms with Crippen LogP contribution in [0.4, 0.5) is 11.4 Å². The molecule has 7 heteroatoms. The van der Waals surface area contributed by atoms with Crippen molar-refractivity contribution in [2.75, 3.05) is 30.6 Å². The summed E-state index contributed by atoms with van der Waals surface area (Å²) in [4.78, 5) is 25.7. The molecule has 2 amide bonds. The Morgan fingerprint density at radius 2 is 1.71 bits per heavy atom. The molecule has 0 aliphatic heterocycles. The molecule has 0 unspecified atom stereocenters. The van der Waals surface area contributed by atoms with Crippen molar-refractivity contribution in [2.24, 2.45) is 0 Å². The second-order valence-corrected chi connectivity index (χ2v) is 7.80. The molecule has 3 rings (SSSR count). The third-order valence-corrected chi connectivity index (χ3v) is 5.42. The molecular weight excluding hydrogens is 412 g/mol. The summed E-state index contributed by atoms with van der Waals surface area (Å²) >= 11 is 1.38. The van der Waals surface area contributed by atoms with Gasteiger partial charge in [-0.3, -0.25) is 9.59 Å². The average molecular weight is 437 g/mol. The van der Waals surface area contributed by atoms with Gasteiger partial charge in [-0.05, 0) is 49.4 Å². The number of hydrogen-bond donors (Lipinski definition) is 2. The predicted molar refractivity (Wildman–Crippen MR) is 124 cm³/mol. The smallest absolute Gasteiger partial charge is 0.255 e. The quantitative estimate of drug-likeness (QED) is 0.486. The largest absolute Gasteiger partial charge is 0.497 e. The highest BCUT2D eigenvalue weighted by atomic mass is 32.2. The van der Waals surface area contributed by atoms with Crippen LogP contribution in [0.5, 0.6) is 11.5 Å². The zero-order chi connectivity index (χ0) is 22.2. The normalized spacial score (nSPS) is 10.3. The van der Waals surface area contributed by atoms with Crippen LogP contribution in [0, 0.1) is 6.92 Å². The van der Waals surface area contributed by atoms with Gasteiger partial charge in [0.25, 0.3) is 5.91 Å². The van der Waals surface area contributed by atoms with E-state index >= 15 is 0 Å². The first-order chi connectivity index (χ1) is 15.0. The maximum absolute atomic E-state index is 12.5. The number of benzene rings is 3. The standard InChI is InChI=1S/C24H24N2O4S/c1-16-6-4-7-17(12-16)24(28)25-18-8-5-9-20(13-18)31-15-23(27)26-21-11-10-19(29-2)14-22(21)30-3/h4-14H,15H2,1-3H3,(H,25,28)(H,26,27). The lowest BCUT2D eigenvalue weighted by molar-refractivity contribution is -0.113. The van der Waals surface area contributed by atoms with E-state index < -0.39 is 0 Å². The van der Waals surface area contributed by atoms with Crippen LogP contribution in [-0.2, 0) is 4.79 Å². The summed E-state index contributed by atoms with van der Waals surface area (Å²) in [5, 5.41) is 5.74. The molecule has 160 valence electrons. The molecule has 3 aromatic rings. The number of thioether (sulfide) groups is 1. The summed E-state index contributed by atoms with van der Waals surface area (Å²) < 4.78 is 10.5. The molecule has 0 heterocycles. The van der Waals surface area contributed by atoms with Gasteiger partial charge in [-0.15, -0.1) is 11.8 Å². The molecule has 0 aliphatic carbocycles. The predicted octanol–water partition coefficient (Wildman–Crippen LogP) is 5.00. The number of carbonyl (C=O) groups is 2. The van der Waals surface area contributed by atoms with Crippen LogP contribution in [0.25, 0.3) is 0 Å². The van der Waals surface area contributed by atoms with E-state index in [4.69, 9.17) is 9.47 Å². The molecule has 0 saturated heterocycles. The minimum Gasteiger partial charge on any atom is -0.497 e. The first kappa shape index (κ1) is 22.2. The lowest BCUT2D eigenvalue weighted by Gasteiger charge is -2.12. The number of aryl methyl sites for hydroxylation is 1. The second kappa shape index (κ2) is 10.5. The number of carbonyl (C=O) groups excluding carboxylic acids is 2. The Labute approximate surface area is 186 Å². The first-order valence-electron chi connectivity index (χ1n) is 9.61. The van der Waals surface area contributed by atoms with Gasteiger partial charge in [0.05, 0.1) is 25.7 Å².